The Balaban J connectivity index is 2.16. The lowest BCUT2D eigenvalue weighted by Crippen LogP contribution is -2.12. The number of pyridine rings is 1. The van der Waals surface area contributed by atoms with Gasteiger partial charge in [-0.05, 0) is 62.2 Å². The van der Waals surface area contributed by atoms with Crippen molar-refractivity contribution in [2.45, 2.75) is 0 Å². The zero-order valence-corrected chi connectivity index (χ0v) is 12.3. The van der Waals surface area contributed by atoms with Crippen LogP contribution in [0.25, 0.3) is 0 Å². The van der Waals surface area contributed by atoms with Crippen LogP contribution in [0.3, 0.4) is 0 Å². The van der Waals surface area contributed by atoms with Gasteiger partial charge in [0.05, 0.1) is 11.9 Å². The molecular formula is C12H9Br2N3O. The van der Waals surface area contributed by atoms with Crippen molar-refractivity contribution in [3.63, 3.8) is 0 Å². The van der Waals surface area contributed by atoms with Crippen LogP contribution < -0.4 is 11.1 Å². The second kappa shape index (κ2) is 5.49. The largest absolute Gasteiger partial charge is 0.398 e. The summed E-state index contributed by atoms with van der Waals surface area (Å²) in [5.74, 6) is -0.208. The summed E-state index contributed by atoms with van der Waals surface area (Å²) in [5.41, 5.74) is 7.42. The first kappa shape index (κ1) is 13.0. The van der Waals surface area contributed by atoms with Crippen LogP contribution in [0.4, 0.5) is 11.4 Å². The summed E-state index contributed by atoms with van der Waals surface area (Å²) >= 11 is 6.52. The maximum atomic E-state index is 12.0. The summed E-state index contributed by atoms with van der Waals surface area (Å²) in [6.45, 7) is 0. The van der Waals surface area contributed by atoms with E-state index < -0.39 is 0 Å². The van der Waals surface area contributed by atoms with Gasteiger partial charge in [-0.1, -0.05) is 0 Å². The van der Waals surface area contributed by atoms with Gasteiger partial charge >= 0.3 is 0 Å². The van der Waals surface area contributed by atoms with Crippen LogP contribution in [0.15, 0.2) is 45.6 Å². The van der Waals surface area contributed by atoms with Gasteiger partial charge in [-0.25, -0.2) is 4.98 Å². The highest BCUT2D eigenvalue weighted by Gasteiger charge is 2.08. The average molecular weight is 371 g/mol. The predicted octanol–water partition coefficient (Wildman–Crippen LogP) is 3.44. The van der Waals surface area contributed by atoms with Crippen molar-refractivity contribution in [2.75, 3.05) is 11.1 Å². The molecule has 1 aromatic carbocycles. The fourth-order valence-electron chi connectivity index (χ4n) is 1.32. The first-order valence-corrected chi connectivity index (χ1v) is 6.63. The molecule has 0 aliphatic rings. The number of rotatable bonds is 2. The van der Waals surface area contributed by atoms with E-state index in [2.05, 4.69) is 42.2 Å². The molecule has 0 bridgehead atoms. The van der Waals surface area contributed by atoms with Crippen molar-refractivity contribution in [3.8, 4) is 0 Å². The van der Waals surface area contributed by atoms with E-state index >= 15 is 0 Å². The molecule has 0 aliphatic carbocycles. The van der Waals surface area contributed by atoms with Gasteiger partial charge in [-0.3, -0.25) is 4.79 Å². The molecule has 0 aliphatic heterocycles. The fraction of sp³-hybridized carbons (Fsp3) is 0. The SMILES string of the molecule is Nc1ccc(C(=O)Nc2ccc(Br)nc2)cc1Br. The lowest BCUT2D eigenvalue weighted by Gasteiger charge is -2.06. The lowest BCUT2D eigenvalue weighted by atomic mass is 10.2. The van der Waals surface area contributed by atoms with Crippen LogP contribution in [-0.4, -0.2) is 10.9 Å². The Bertz CT molecular complexity index is 584. The molecule has 92 valence electrons. The summed E-state index contributed by atoms with van der Waals surface area (Å²) in [7, 11) is 0. The smallest absolute Gasteiger partial charge is 0.255 e. The van der Waals surface area contributed by atoms with E-state index in [0.29, 0.717) is 21.4 Å². The molecule has 2 aromatic rings. The van der Waals surface area contributed by atoms with Gasteiger partial charge < -0.3 is 11.1 Å². The minimum atomic E-state index is -0.208. The van der Waals surface area contributed by atoms with Gasteiger partial charge in [0.15, 0.2) is 0 Å². The molecule has 0 spiro atoms. The normalized spacial score (nSPS) is 10.1. The number of nitrogens with one attached hydrogen (secondary N) is 1. The number of halogens is 2. The third-order valence-electron chi connectivity index (χ3n) is 2.25. The van der Waals surface area contributed by atoms with Crippen LogP contribution >= 0.6 is 31.9 Å². The summed E-state index contributed by atoms with van der Waals surface area (Å²) in [6, 6.07) is 8.55. The molecule has 0 fully saturated rings. The van der Waals surface area contributed by atoms with Crippen molar-refractivity contribution in [1.82, 2.24) is 4.98 Å². The fourth-order valence-corrected chi connectivity index (χ4v) is 1.93. The number of nitrogen functional groups attached to an aromatic ring is 1. The van der Waals surface area contributed by atoms with Crippen LogP contribution in [0, 0.1) is 0 Å². The predicted molar refractivity (Wildman–Crippen MR) is 78.4 cm³/mol. The maximum absolute atomic E-state index is 12.0. The Labute approximate surface area is 121 Å². The topological polar surface area (TPSA) is 68.0 Å². The van der Waals surface area contributed by atoms with Gasteiger partial charge in [-0.2, -0.15) is 0 Å². The number of aromatic nitrogens is 1. The number of anilines is 2. The van der Waals surface area contributed by atoms with E-state index in [4.69, 9.17) is 5.73 Å². The number of hydrogen-bond acceptors (Lipinski definition) is 3. The Morgan fingerprint density at radius 1 is 1.22 bits per heavy atom. The molecular weight excluding hydrogens is 362 g/mol. The molecule has 0 saturated heterocycles. The standard InChI is InChI=1S/C12H9Br2N3O/c13-9-5-7(1-3-10(9)15)12(18)17-8-2-4-11(14)16-6-8/h1-6H,15H2,(H,17,18). The maximum Gasteiger partial charge on any atom is 0.255 e. The number of amides is 1. The summed E-state index contributed by atoms with van der Waals surface area (Å²) < 4.78 is 1.42. The van der Waals surface area contributed by atoms with Crippen molar-refractivity contribution in [2.24, 2.45) is 0 Å². The highest BCUT2D eigenvalue weighted by Crippen LogP contribution is 2.21. The van der Waals surface area contributed by atoms with Gasteiger partial charge in [0.1, 0.15) is 4.60 Å². The van der Waals surface area contributed by atoms with E-state index in [0.717, 1.165) is 4.60 Å². The van der Waals surface area contributed by atoms with E-state index in [9.17, 15) is 4.79 Å². The van der Waals surface area contributed by atoms with Crippen molar-refractivity contribution < 1.29 is 4.79 Å². The molecule has 3 N–H and O–H groups in total. The van der Waals surface area contributed by atoms with E-state index in [1.807, 2.05) is 0 Å². The quantitative estimate of drug-likeness (QED) is 0.628. The van der Waals surface area contributed by atoms with Gasteiger partial charge in [0.2, 0.25) is 0 Å². The molecule has 1 heterocycles. The second-order valence-corrected chi connectivity index (χ2v) is 5.23. The molecule has 18 heavy (non-hydrogen) atoms. The zero-order chi connectivity index (χ0) is 13.1. The Hall–Kier alpha value is -1.40. The van der Waals surface area contributed by atoms with Gasteiger partial charge in [0.25, 0.3) is 5.91 Å². The molecule has 2 rings (SSSR count). The Morgan fingerprint density at radius 2 is 2.00 bits per heavy atom. The molecule has 0 saturated carbocycles. The van der Waals surface area contributed by atoms with Gasteiger partial charge in [0, 0.05) is 15.7 Å². The summed E-state index contributed by atoms with van der Waals surface area (Å²) in [5, 5.41) is 2.75. The third kappa shape index (κ3) is 3.08. The van der Waals surface area contributed by atoms with Crippen LogP contribution in [-0.2, 0) is 0 Å². The zero-order valence-electron chi connectivity index (χ0n) is 9.15. The first-order chi connectivity index (χ1) is 8.56. The number of hydrogen-bond donors (Lipinski definition) is 2. The van der Waals surface area contributed by atoms with E-state index in [-0.39, 0.29) is 5.91 Å². The molecule has 0 atom stereocenters. The highest BCUT2D eigenvalue weighted by molar-refractivity contribution is 9.10. The molecule has 0 unspecified atom stereocenters. The summed E-state index contributed by atoms with van der Waals surface area (Å²) in [6.07, 6.45) is 1.58. The van der Waals surface area contributed by atoms with Gasteiger partial charge in [-0.15, -0.1) is 0 Å². The number of benzene rings is 1. The average Bonchev–Trinajstić information content (AvgIpc) is 2.35. The summed E-state index contributed by atoms with van der Waals surface area (Å²) in [4.78, 5) is 16.0. The van der Waals surface area contributed by atoms with Crippen molar-refractivity contribution in [1.29, 1.82) is 0 Å². The lowest BCUT2D eigenvalue weighted by molar-refractivity contribution is 0.102. The molecule has 1 aromatic heterocycles. The van der Waals surface area contributed by atoms with Crippen molar-refractivity contribution in [3.05, 3.63) is 51.2 Å². The molecule has 6 heteroatoms. The Kier molecular flexibility index (Phi) is 3.98. The minimum absolute atomic E-state index is 0.208. The monoisotopic (exact) mass is 369 g/mol. The highest BCUT2D eigenvalue weighted by atomic mass is 79.9. The molecule has 4 nitrogen and oxygen atoms in total. The minimum Gasteiger partial charge on any atom is -0.398 e. The molecule has 1 amide bonds. The number of carbonyl (C=O) groups is 1. The van der Waals surface area contributed by atoms with E-state index in [1.54, 1.807) is 36.5 Å². The number of nitrogens with zero attached hydrogens (tertiary/aromatic N) is 1. The third-order valence-corrected chi connectivity index (χ3v) is 3.40. The van der Waals surface area contributed by atoms with Crippen LogP contribution in [0.2, 0.25) is 0 Å². The van der Waals surface area contributed by atoms with Crippen LogP contribution in [0.5, 0.6) is 0 Å². The number of nitrogens with two attached hydrogens (primary N) is 1. The van der Waals surface area contributed by atoms with Crippen LogP contribution in [0.1, 0.15) is 10.4 Å². The molecule has 0 radical (unpaired) electrons. The Morgan fingerprint density at radius 3 is 2.61 bits per heavy atom. The second-order valence-electron chi connectivity index (χ2n) is 3.56. The number of carbonyl (C=O) groups excluding carboxylic acids is 1. The van der Waals surface area contributed by atoms with Crippen molar-refractivity contribution >= 4 is 49.1 Å². The first-order valence-electron chi connectivity index (χ1n) is 5.04. The van der Waals surface area contributed by atoms with E-state index in [1.165, 1.54) is 0 Å².